The van der Waals surface area contributed by atoms with Crippen LogP contribution in [0, 0.1) is 29.5 Å². The minimum Gasteiger partial charge on any atom is -0.370 e. The lowest BCUT2D eigenvalue weighted by Gasteiger charge is -2.38. The molecule has 10 nitrogen and oxygen atoms in total. The highest BCUT2D eigenvalue weighted by molar-refractivity contribution is 6.10. The lowest BCUT2D eigenvalue weighted by Crippen LogP contribution is -2.32. The van der Waals surface area contributed by atoms with Crippen LogP contribution in [0.3, 0.4) is 0 Å². The predicted molar refractivity (Wildman–Crippen MR) is 169 cm³/mol. The minimum atomic E-state index is -0.351. The maximum absolute atomic E-state index is 15.6. The van der Waals surface area contributed by atoms with Gasteiger partial charge in [0.05, 0.1) is 12.6 Å². The molecule has 1 N–H and O–H groups in total. The number of nitrogens with zero attached hydrogens (tertiary/aromatic N) is 8. The average Bonchev–Trinajstić information content (AvgIpc) is 3.73. The van der Waals surface area contributed by atoms with Gasteiger partial charge in [0.2, 0.25) is 0 Å². The molecule has 1 saturated carbocycles. The molecule has 1 amide bonds. The monoisotopic (exact) mass is 605 g/mol. The second kappa shape index (κ2) is 11.7. The van der Waals surface area contributed by atoms with Crippen LogP contribution in [-0.2, 0) is 20.1 Å². The van der Waals surface area contributed by atoms with E-state index in [9.17, 15) is 4.79 Å². The van der Waals surface area contributed by atoms with Crippen LogP contribution in [-0.4, -0.2) is 55.2 Å². The third-order valence-electron chi connectivity index (χ3n) is 9.55. The first-order valence-electron chi connectivity index (χ1n) is 15.6. The second-order valence-electron chi connectivity index (χ2n) is 12.7. The lowest BCUT2D eigenvalue weighted by atomic mass is 9.68. The Morgan fingerprint density at radius 1 is 1.11 bits per heavy atom. The van der Waals surface area contributed by atoms with Crippen molar-refractivity contribution in [2.24, 2.45) is 12.5 Å². The Hall–Kier alpha value is -4.69. The molecule has 1 aromatic carbocycles. The number of pyridine rings is 2. The van der Waals surface area contributed by atoms with Crippen molar-refractivity contribution in [1.82, 2.24) is 29.6 Å². The van der Waals surface area contributed by atoms with E-state index in [1.165, 1.54) is 25.7 Å². The fourth-order valence-corrected chi connectivity index (χ4v) is 6.99. The third kappa shape index (κ3) is 5.55. The van der Waals surface area contributed by atoms with Crippen LogP contribution in [0.2, 0.25) is 0 Å². The molecule has 0 bridgehead atoms. The van der Waals surface area contributed by atoms with Gasteiger partial charge in [-0.2, -0.15) is 5.26 Å². The first-order chi connectivity index (χ1) is 21.8. The highest BCUT2D eigenvalue weighted by Gasteiger charge is 2.42. The molecule has 3 aliphatic rings. The molecule has 0 atom stereocenters. The molecular weight excluding hydrogens is 569 g/mol. The van der Waals surface area contributed by atoms with Crippen molar-refractivity contribution in [3.05, 3.63) is 71.1 Å². The number of carbonyl (C=O) groups is 1. The van der Waals surface area contributed by atoms with Gasteiger partial charge in [-0.15, -0.1) is 10.2 Å². The zero-order valence-electron chi connectivity index (χ0n) is 25.7. The Morgan fingerprint density at radius 3 is 2.71 bits per heavy atom. The largest absolute Gasteiger partial charge is 0.370 e. The smallest absolute Gasteiger partial charge is 0.260 e. The van der Waals surface area contributed by atoms with Crippen LogP contribution >= 0.6 is 0 Å². The topological polar surface area (TPSA) is 116 Å². The van der Waals surface area contributed by atoms with Gasteiger partial charge >= 0.3 is 0 Å². The zero-order chi connectivity index (χ0) is 31.1. The summed E-state index contributed by atoms with van der Waals surface area (Å²) >= 11 is 0. The van der Waals surface area contributed by atoms with Gasteiger partial charge in [0.1, 0.15) is 23.8 Å². The molecule has 3 aromatic heterocycles. The van der Waals surface area contributed by atoms with Gasteiger partial charge < -0.3 is 9.88 Å². The third-order valence-corrected chi connectivity index (χ3v) is 9.55. The summed E-state index contributed by atoms with van der Waals surface area (Å²) in [7, 11) is 1.87. The van der Waals surface area contributed by atoms with Crippen LogP contribution in [0.25, 0.3) is 22.5 Å². The van der Waals surface area contributed by atoms with Gasteiger partial charge in [-0.3, -0.25) is 19.6 Å². The van der Waals surface area contributed by atoms with Gasteiger partial charge in [0.25, 0.3) is 5.91 Å². The van der Waals surface area contributed by atoms with E-state index in [-0.39, 0.29) is 18.3 Å². The number of unbranched alkanes of at least 4 members (excludes halogenated alkanes) is 1. The fraction of sp³-hybridized carbons (Fsp3) is 0.412. The molecule has 0 unspecified atom stereocenters. The Balaban J connectivity index is 1.22. The van der Waals surface area contributed by atoms with Gasteiger partial charge in [-0.05, 0) is 91.6 Å². The molecule has 1 saturated heterocycles. The van der Waals surface area contributed by atoms with Crippen molar-refractivity contribution in [2.45, 2.75) is 58.5 Å². The molecule has 1 spiro atoms. The van der Waals surface area contributed by atoms with Crippen molar-refractivity contribution in [3.63, 3.8) is 0 Å². The summed E-state index contributed by atoms with van der Waals surface area (Å²) < 4.78 is 17.4. The molecule has 45 heavy (non-hydrogen) atoms. The number of anilines is 2. The highest BCUT2D eigenvalue weighted by atomic mass is 19.1. The molecule has 2 aliphatic heterocycles. The lowest BCUT2D eigenvalue weighted by molar-refractivity contribution is 0.0995. The van der Waals surface area contributed by atoms with E-state index in [1.54, 1.807) is 23.5 Å². The van der Waals surface area contributed by atoms with Crippen molar-refractivity contribution < 1.29 is 9.18 Å². The first-order valence-corrected chi connectivity index (χ1v) is 15.6. The van der Waals surface area contributed by atoms with Crippen molar-refractivity contribution in [3.8, 4) is 28.6 Å². The van der Waals surface area contributed by atoms with Gasteiger partial charge in [0.15, 0.2) is 5.82 Å². The Morgan fingerprint density at radius 2 is 1.98 bits per heavy atom. The summed E-state index contributed by atoms with van der Waals surface area (Å²) in [5.41, 5.74) is 5.35. The van der Waals surface area contributed by atoms with Crippen LogP contribution in [0.5, 0.6) is 0 Å². The summed E-state index contributed by atoms with van der Waals surface area (Å²) in [4.78, 5) is 27.2. The van der Waals surface area contributed by atoms with E-state index in [2.05, 4.69) is 31.5 Å². The highest BCUT2D eigenvalue weighted by Crippen LogP contribution is 2.48. The van der Waals surface area contributed by atoms with E-state index in [0.29, 0.717) is 59.9 Å². The zero-order valence-corrected chi connectivity index (χ0v) is 25.7. The first kappa shape index (κ1) is 29.0. The van der Waals surface area contributed by atoms with E-state index in [1.807, 2.05) is 42.8 Å². The normalized spacial score (nSPS) is 17.0. The number of hydrogen-bond donors (Lipinski definition) is 1. The predicted octanol–water partition coefficient (Wildman–Crippen LogP) is 5.64. The summed E-state index contributed by atoms with van der Waals surface area (Å²) in [6.45, 7) is 5.28. The summed E-state index contributed by atoms with van der Waals surface area (Å²) in [6, 6.07) is 11.4. The SMILES string of the molecule is Cc1cc(-c2cc(NCCCC#N)nc(N3Cc4c(F)cc(CN5CCC6(CCC6)C5)cc4C3=O)c2)c(-c2nncn2C)cn1. The van der Waals surface area contributed by atoms with Crippen LogP contribution < -0.4 is 10.2 Å². The van der Waals surface area contributed by atoms with E-state index < -0.39 is 0 Å². The van der Waals surface area contributed by atoms with E-state index in [0.717, 1.165) is 41.0 Å². The summed E-state index contributed by atoms with van der Waals surface area (Å²) in [6.07, 6.45) is 9.56. The molecule has 4 aromatic rings. The van der Waals surface area contributed by atoms with Crippen LogP contribution in [0.4, 0.5) is 16.0 Å². The number of nitriles is 1. The number of halogens is 1. The number of likely N-dealkylation sites (tertiary alicyclic amines) is 1. The standard InChI is InChI=1S/C34H36FN9O/c1-22-12-25(27(17-38-22)32-41-39-21-42(32)2)24-15-30(37-10-4-3-9-36)40-31(16-24)44-19-28-26(33(44)45)13-23(14-29(28)35)18-43-11-8-34(20-43)6-5-7-34/h12-17,21H,3-8,10-11,18-20H2,1-2H3,(H,37,40). The Bertz CT molecular complexity index is 1820. The average molecular weight is 606 g/mol. The minimum absolute atomic E-state index is 0.100. The van der Waals surface area contributed by atoms with Crippen LogP contribution in [0.1, 0.15) is 65.7 Å². The van der Waals surface area contributed by atoms with E-state index in [4.69, 9.17) is 10.2 Å². The van der Waals surface area contributed by atoms with Crippen molar-refractivity contribution in [1.29, 1.82) is 5.26 Å². The van der Waals surface area contributed by atoms with Gasteiger partial charge in [0, 0.05) is 61.7 Å². The number of carbonyl (C=O) groups excluding carboxylic acids is 1. The maximum atomic E-state index is 15.6. The van der Waals surface area contributed by atoms with Crippen molar-refractivity contribution >= 4 is 17.5 Å². The molecule has 5 heterocycles. The molecule has 7 rings (SSSR count). The molecule has 11 heteroatoms. The molecule has 0 radical (unpaired) electrons. The number of aryl methyl sites for hydroxylation is 2. The Labute approximate surface area is 261 Å². The number of rotatable bonds is 9. The number of fused-ring (bicyclic) bond motifs is 1. The van der Waals surface area contributed by atoms with Crippen molar-refractivity contribution in [2.75, 3.05) is 29.9 Å². The summed E-state index contributed by atoms with van der Waals surface area (Å²) in [5.74, 6) is 1.02. The fourth-order valence-electron chi connectivity index (χ4n) is 6.99. The quantitative estimate of drug-likeness (QED) is 0.244. The number of hydrogen-bond acceptors (Lipinski definition) is 8. The number of aromatic nitrogens is 5. The van der Waals surface area contributed by atoms with Gasteiger partial charge in [-0.25, -0.2) is 9.37 Å². The number of nitrogens with one attached hydrogen (secondary N) is 1. The second-order valence-corrected chi connectivity index (χ2v) is 12.7. The number of benzene rings is 1. The Kier molecular flexibility index (Phi) is 7.53. The maximum Gasteiger partial charge on any atom is 0.260 e. The summed E-state index contributed by atoms with van der Waals surface area (Å²) in [5, 5.41) is 20.7. The van der Waals surface area contributed by atoms with Crippen LogP contribution in [0.15, 0.2) is 42.9 Å². The van der Waals surface area contributed by atoms with Gasteiger partial charge in [-0.1, -0.05) is 6.42 Å². The molecule has 230 valence electrons. The molecule has 2 fully saturated rings. The number of amides is 1. The molecule has 1 aliphatic carbocycles. The van der Waals surface area contributed by atoms with E-state index >= 15 is 4.39 Å². The molecular formula is C34H36FN9O.